The Morgan fingerprint density at radius 1 is 0.609 bits per heavy atom. The fourth-order valence-corrected chi connectivity index (χ4v) is 7.29. The van der Waals surface area contributed by atoms with Gasteiger partial charge in [-0.05, 0) is 40.8 Å². The molecule has 0 saturated carbocycles. The summed E-state index contributed by atoms with van der Waals surface area (Å²) < 4.78 is 2.41. The van der Waals surface area contributed by atoms with E-state index in [1.165, 1.54) is 49.6 Å². The Morgan fingerprint density at radius 3 is 1.93 bits per heavy atom. The number of nitrogens with zero attached hydrogens (tertiary/aromatic N) is 3. The van der Waals surface area contributed by atoms with Gasteiger partial charge in [0.15, 0.2) is 0 Å². The van der Waals surface area contributed by atoms with Crippen LogP contribution in [0.15, 0.2) is 162 Å². The second-order valence-corrected chi connectivity index (χ2v) is 11.9. The standard InChI is InChI=1S/C42H34N4/c1-42(31-20-10-5-11-21-31)36-24-14-12-22-32(36)34-26-27-35-33-23-13-15-25-37(33)46(39(35)38(34)42)28-44-41(30-18-8-4-9-19-30)45-40(43-2)29-16-6-3-7-17-29/h3-27H,28H2,1-2H3,(H,43,44,45). The summed E-state index contributed by atoms with van der Waals surface area (Å²) in [6.07, 6.45) is 0. The van der Waals surface area contributed by atoms with Gasteiger partial charge in [-0.15, -0.1) is 0 Å². The minimum absolute atomic E-state index is 0.335. The van der Waals surface area contributed by atoms with Crippen LogP contribution in [0.25, 0.3) is 32.9 Å². The van der Waals surface area contributed by atoms with Crippen LogP contribution in [-0.4, -0.2) is 23.3 Å². The first-order chi connectivity index (χ1) is 22.7. The van der Waals surface area contributed by atoms with E-state index in [4.69, 9.17) is 4.99 Å². The third-order valence-corrected chi connectivity index (χ3v) is 9.47. The lowest BCUT2D eigenvalue weighted by molar-refractivity contribution is 0.706. The molecule has 0 aliphatic heterocycles. The van der Waals surface area contributed by atoms with Crippen LogP contribution in [0.4, 0.5) is 0 Å². The molecule has 7 aromatic rings. The zero-order valence-corrected chi connectivity index (χ0v) is 26.0. The van der Waals surface area contributed by atoms with Crippen LogP contribution >= 0.6 is 0 Å². The molecule has 6 aromatic carbocycles. The van der Waals surface area contributed by atoms with Gasteiger partial charge >= 0.3 is 0 Å². The Morgan fingerprint density at radius 2 is 1.22 bits per heavy atom. The average Bonchev–Trinajstić information content (AvgIpc) is 3.59. The van der Waals surface area contributed by atoms with E-state index in [9.17, 15) is 0 Å². The molecule has 0 bridgehead atoms. The van der Waals surface area contributed by atoms with Crippen LogP contribution in [-0.2, 0) is 12.1 Å². The summed E-state index contributed by atoms with van der Waals surface area (Å²) in [5.74, 6) is 1.55. The van der Waals surface area contributed by atoms with Crippen LogP contribution in [0.2, 0.25) is 0 Å². The highest BCUT2D eigenvalue weighted by atomic mass is 15.1. The van der Waals surface area contributed by atoms with Gasteiger partial charge in [0, 0.05) is 34.4 Å². The third-order valence-electron chi connectivity index (χ3n) is 9.47. The number of amidine groups is 2. The smallest absolute Gasteiger partial charge is 0.135 e. The SMILES string of the molecule is CN=C(N/C(=N\Cn1c2ccccc2c2ccc3c(c21)C(C)(c1ccccc1)c1ccccc1-3)c1ccccc1)c1ccccc1. The number of aliphatic imine (C=N–C) groups is 2. The van der Waals surface area contributed by atoms with Gasteiger partial charge in [-0.2, -0.15) is 0 Å². The summed E-state index contributed by atoms with van der Waals surface area (Å²) in [7, 11) is 1.82. The topological polar surface area (TPSA) is 41.7 Å². The molecule has 1 aromatic heterocycles. The highest BCUT2D eigenvalue weighted by Gasteiger charge is 2.43. The van der Waals surface area contributed by atoms with E-state index in [0.29, 0.717) is 6.67 Å². The minimum Gasteiger partial charge on any atom is -0.325 e. The maximum atomic E-state index is 5.33. The monoisotopic (exact) mass is 594 g/mol. The van der Waals surface area contributed by atoms with E-state index in [-0.39, 0.29) is 5.41 Å². The van der Waals surface area contributed by atoms with E-state index >= 15 is 0 Å². The fraction of sp³-hybridized carbons (Fsp3) is 0.0952. The number of para-hydroxylation sites is 1. The first-order valence-electron chi connectivity index (χ1n) is 15.8. The predicted octanol–water partition coefficient (Wildman–Crippen LogP) is 9.20. The van der Waals surface area contributed by atoms with E-state index in [2.05, 4.69) is 137 Å². The summed E-state index contributed by atoms with van der Waals surface area (Å²) >= 11 is 0. The highest BCUT2D eigenvalue weighted by molar-refractivity contribution is 6.15. The number of hydrogen-bond donors (Lipinski definition) is 1. The molecule has 8 rings (SSSR count). The lowest BCUT2D eigenvalue weighted by Gasteiger charge is -2.29. The molecule has 4 nitrogen and oxygen atoms in total. The molecule has 1 atom stereocenters. The molecule has 4 heteroatoms. The van der Waals surface area contributed by atoms with Crippen molar-refractivity contribution >= 4 is 33.5 Å². The number of hydrogen-bond acceptors (Lipinski definition) is 2. The molecule has 1 unspecified atom stereocenters. The van der Waals surface area contributed by atoms with E-state index in [1.54, 1.807) is 0 Å². The van der Waals surface area contributed by atoms with E-state index < -0.39 is 0 Å². The molecule has 0 spiro atoms. The predicted molar refractivity (Wildman–Crippen MR) is 192 cm³/mol. The lowest BCUT2D eigenvalue weighted by atomic mass is 9.73. The van der Waals surface area contributed by atoms with Crippen LogP contribution in [0.5, 0.6) is 0 Å². The molecule has 46 heavy (non-hydrogen) atoms. The molecule has 1 heterocycles. The molecule has 0 fully saturated rings. The zero-order chi connectivity index (χ0) is 31.1. The summed E-state index contributed by atoms with van der Waals surface area (Å²) in [4.78, 5) is 9.94. The molecule has 0 saturated heterocycles. The maximum Gasteiger partial charge on any atom is 0.135 e. The molecule has 0 radical (unpaired) electrons. The van der Waals surface area contributed by atoms with Crippen LogP contribution < -0.4 is 5.32 Å². The Balaban J connectivity index is 1.36. The molecule has 1 aliphatic carbocycles. The van der Waals surface area contributed by atoms with Gasteiger partial charge in [0.25, 0.3) is 0 Å². The quantitative estimate of drug-likeness (QED) is 0.157. The second kappa shape index (κ2) is 11.3. The minimum atomic E-state index is -0.335. The highest BCUT2D eigenvalue weighted by Crippen LogP contribution is 2.55. The average molecular weight is 595 g/mol. The van der Waals surface area contributed by atoms with Gasteiger partial charge in [0.05, 0.1) is 11.0 Å². The largest absolute Gasteiger partial charge is 0.325 e. The number of benzene rings is 6. The summed E-state index contributed by atoms with van der Waals surface area (Å²) in [5, 5.41) is 6.07. The first-order valence-corrected chi connectivity index (χ1v) is 15.8. The molecular weight excluding hydrogens is 560 g/mol. The molecular formula is C42H34N4. The number of fused-ring (bicyclic) bond motifs is 7. The Labute approximate surface area is 269 Å². The van der Waals surface area contributed by atoms with E-state index in [1.807, 2.05) is 43.4 Å². The van der Waals surface area contributed by atoms with Crippen LogP contribution in [0, 0.1) is 0 Å². The fourth-order valence-electron chi connectivity index (χ4n) is 7.29. The van der Waals surface area contributed by atoms with Crippen LogP contribution in [0.1, 0.15) is 34.7 Å². The van der Waals surface area contributed by atoms with Gasteiger partial charge in [0.2, 0.25) is 0 Å². The summed E-state index contributed by atoms with van der Waals surface area (Å²) in [6.45, 7) is 2.82. The van der Waals surface area contributed by atoms with Crippen molar-refractivity contribution in [1.82, 2.24) is 9.88 Å². The number of aromatic nitrogens is 1. The number of nitrogens with one attached hydrogen (secondary N) is 1. The first kappa shape index (κ1) is 27.8. The van der Waals surface area contributed by atoms with Crippen LogP contribution in [0.3, 0.4) is 0 Å². The van der Waals surface area contributed by atoms with Crippen molar-refractivity contribution in [3.8, 4) is 11.1 Å². The second-order valence-electron chi connectivity index (χ2n) is 11.9. The molecule has 1 aliphatic rings. The molecule has 0 amide bonds. The van der Waals surface area contributed by atoms with Crippen molar-refractivity contribution in [2.75, 3.05) is 7.05 Å². The van der Waals surface area contributed by atoms with Crippen molar-refractivity contribution < 1.29 is 0 Å². The molecule has 222 valence electrons. The maximum absolute atomic E-state index is 5.33. The zero-order valence-electron chi connectivity index (χ0n) is 26.0. The van der Waals surface area contributed by atoms with Crippen molar-refractivity contribution in [1.29, 1.82) is 0 Å². The summed E-state index contributed by atoms with van der Waals surface area (Å²) in [6, 6.07) is 53.7. The third kappa shape index (κ3) is 4.37. The van der Waals surface area contributed by atoms with Gasteiger partial charge in [-0.25, -0.2) is 4.99 Å². The van der Waals surface area contributed by atoms with Crippen molar-refractivity contribution in [2.24, 2.45) is 9.98 Å². The Kier molecular flexibility index (Phi) is 6.84. The van der Waals surface area contributed by atoms with Crippen molar-refractivity contribution in [3.63, 3.8) is 0 Å². The Bertz CT molecular complexity index is 2260. The van der Waals surface area contributed by atoms with E-state index in [0.717, 1.165) is 22.8 Å². The van der Waals surface area contributed by atoms with Gasteiger partial charge in [-0.3, -0.25) is 4.99 Å². The normalized spacial score (nSPS) is 16.0. The number of rotatable bonds is 5. The Hall–Kier alpha value is -5.74. The molecule has 1 N–H and O–H groups in total. The van der Waals surface area contributed by atoms with Crippen molar-refractivity contribution in [2.45, 2.75) is 19.0 Å². The van der Waals surface area contributed by atoms with Crippen molar-refractivity contribution in [3.05, 3.63) is 179 Å². The lowest BCUT2D eigenvalue weighted by Crippen LogP contribution is -2.32. The van der Waals surface area contributed by atoms with Gasteiger partial charge in [0.1, 0.15) is 18.3 Å². The van der Waals surface area contributed by atoms with Gasteiger partial charge < -0.3 is 9.88 Å². The van der Waals surface area contributed by atoms with Gasteiger partial charge in [-0.1, -0.05) is 146 Å². The summed E-state index contributed by atoms with van der Waals surface area (Å²) in [5.41, 5.74) is 10.6.